The van der Waals surface area contributed by atoms with Crippen LogP contribution in [0.4, 0.5) is 5.69 Å². The standard InChI is InChI=1S/C18H25N5O2/c1-12(19)18(25)21-14-7-15(11-22(2)10-14)23-16-6-4-3-5-13(16)8-20-9-17(23)24/h3-6,9,12,14-15H,7-8,10-11,19H2,1-2H3,(H,21,25)/t12-,14?,15?/m0/s1. The Labute approximate surface area is 147 Å². The summed E-state index contributed by atoms with van der Waals surface area (Å²) < 4.78 is 0. The molecule has 7 nitrogen and oxygen atoms in total. The first kappa shape index (κ1) is 17.6. The van der Waals surface area contributed by atoms with Crippen LogP contribution in [-0.2, 0) is 16.1 Å². The van der Waals surface area contributed by atoms with Gasteiger partial charge in [0, 0.05) is 24.8 Å². The van der Waals surface area contributed by atoms with Gasteiger partial charge >= 0.3 is 0 Å². The number of nitrogens with two attached hydrogens (primary N) is 1. The van der Waals surface area contributed by atoms with Crippen molar-refractivity contribution >= 4 is 23.7 Å². The first-order chi connectivity index (χ1) is 12.0. The summed E-state index contributed by atoms with van der Waals surface area (Å²) in [6.07, 6.45) is 2.10. The van der Waals surface area contributed by atoms with E-state index in [1.165, 1.54) is 6.21 Å². The molecular formula is C18H25N5O2. The number of nitrogens with one attached hydrogen (secondary N) is 1. The van der Waals surface area contributed by atoms with Crippen LogP contribution in [0.25, 0.3) is 0 Å². The second-order valence-electron chi connectivity index (χ2n) is 6.91. The summed E-state index contributed by atoms with van der Waals surface area (Å²) in [7, 11) is 2.00. The molecule has 134 valence electrons. The first-order valence-electron chi connectivity index (χ1n) is 8.61. The Morgan fingerprint density at radius 1 is 1.36 bits per heavy atom. The van der Waals surface area contributed by atoms with Crippen molar-refractivity contribution in [1.82, 2.24) is 10.2 Å². The molecule has 0 radical (unpaired) electrons. The van der Waals surface area contributed by atoms with Crippen molar-refractivity contribution in [3.8, 4) is 0 Å². The fourth-order valence-electron chi connectivity index (χ4n) is 3.57. The van der Waals surface area contributed by atoms with Crippen LogP contribution in [0.15, 0.2) is 29.3 Å². The van der Waals surface area contributed by atoms with Crippen LogP contribution in [0.1, 0.15) is 18.9 Å². The van der Waals surface area contributed by atoms with Gasteiger partial charge in [-0.05, 0) is 32.0 Å². The SMILES string of the molecule is C[C@H](N)C(=O)NC1CC(N2C(=O)C=NCc3ccccc32)CN(C)C1. The van der Waals surface area contributed by atoms with Gasteiger partial charge in [-0.2, -0.15) is 0 Å². The second kappa shape index (κ2) is 7.33. The molecule has 2 aliphatic heterocycles. The van der Waals surface area contributed by atoms with Gasteiger partial charge in [-0.3, -0.25) is 14.6 Å². The average molecular weight is 343 g/mol. The number of benzene rings is 1. The van der Waals surface area contributed by atoms with Crippen molar-refractivity contribution in [1.29, 1.82) is 0 Å². The zero-order chi connectivity index (χ0) is 18.0. The Kier molecular flexibility index (Phi) is 5.15. The molecule has 1 fully saturated rings. The van der Waals surface area contributed by atoms with E-state index in [-0.39, 0.29) is 23.9 Å². The van der Waals surface area contributed by atoms with Gasteiger partial charge in [-0.15, -0.1) is 0 Å². The number of hydrogen-bond donors (Lipinski definition) is 2. The van der Waals surface area contributed by atoms with Crippen LogP contribution >= 0.6 is 0 Å². The summed E-state index contributed by atoms with van der Waals surface area (Å²) in [6, 6.07) is 7.25. The molecule has 2 heterocycles. The molecule has 2 aliphatic rings. The van der Waals surface area contributed by atoms with E-state index < -0.39 is 6.04 Å². The maximum absolute atomic E-state index is 12.7. The lowest BCUT2D eigenvalue weighted by Gasteiger charge is -2.41. The first-order valence-corrected chi connectivity index (χ1v) is 8.61. The predicted molar refractivity (Wildman–Crippen MR) is 97.6 cm³/mol. The van der Waals surface area contributed by atoms with Gasteiger partial charge in [-0.1, -0.05) is 18.2 Å². The normalized spacial score (nSPS) is 25.2. The number of anilines is 1. The van der Waals surface area contributed by atoms with Crippen molar-refractivity contribution in [3.63, 3.8) is 0 Å². The molecule has 0 aromatic heterocycles. The third kappa shape index (κ3) is 3.88. The Morgan fingerprint density at radius 3 is 2.88 bits per heavy atom. The fraction of sp³-hybridized carbons (Fsp3) is 0.500. The third-order valence-electron chi connectivity index (χ3n) is 4.69. The quantitative estimate of drug-likeness (QED) is 0.817. The highest BCUT2D eigenvalue weighted by Crippen LogP contribution is 2.28. The van der Waals surface area contributed by atoms with Crippen LogP contribution in [0.3, 0.4) is 0 Å². The summed E-state index contributed by atoms with van der Waals surface area (Å²) in [4.78, 5) is 32.8. The maximum atomic E-state index is 12.7. The zero-order valence-electron chi connectivity index (χ0n) is 14.7. The monoisotopic (exact) mass is 343 g/mol. The highest BCUT2D eigenvalue weighted by atomic mass is 16.2. The molecule has 0 saturated carbocycles. The molecule has 2 amide bonds. The largest absolute Gasteiger partial charge is 0.351 e. The van der Waals surface area contributed by atoms with Gasteiger partial charge in [0.05, 0.1) is 24.8 Å². The van der Waals surface area contributed by atoms with Gasteiger partial charge in [0.1, 0.15) is 0 Å². The van der Waals surface area contributed by atoms with Crippen LogP contribution in [0.2, 0.25) is 0 Å². The maximum Gasteiger partial charge on any atom is 0.269 e. The molecule has 7 heteroatoms. The molecule has 1 saturated heterocycles. The lowest BCUT2D eigenvalue weighted by molar-refractivity contribution is -0.123. The van der Waals surface area contributed by atoms with Crippen molar-refractivity contribution in [2.75, 3.05) is 25.0 Å². The number of carbonyl (C=O) groups is 2. The van der Waals surface area contributed by atoms with E-state index in [0.29, 0.717) is 13.0 Å². The number of rotatable bonds is 3. The summed E-state index contributed by atoms with van der Waals surface area (Å²) in [6.45, 7) is 3.67. The predicted octanol–water partition coefficient (Wildman–Crippen LogP) is 0.140. The van der Waals surface area contributed by atoms with Crippen LogP contribution < -0.4 is 16.0 Å². The van der Waals surface area contributed by atoms with Crippen molar-refractivity contribution in [3.05, 3.63) is 29.8 Å². The lowest BCUT2D eigenvalue weighted by atomic mass is 9.98. The number of hydrogen-bond acceptors (Lipinski definition) is 5. The van der Waals surface area contributed by atoms with Gasteiger partial charge in [0.25, 0.3) is 5.91 Å². The van der Waals surface area contributed by atoms with E-state index in [1.807, 2.05) is 36.2 Å². The van der Waals surface area contributed by atoms with Gasteiger partial charge in [0.15, 0.2) is 0 Å². The molecule has 25 heavy (non-hydrogen) atoms. The number of amides is 2. The third-order valence-corrected chi connectivity index (χ3v) is 4.69. The minimum atomic E-state index is -0.543. The van der Waals surface area contributed by atoms with E-state index in [1.54, 1.807) is 6.92 Å². The Bertz CT molecular complexity index is 688. The summed E-state index contributed by atoms with van der Waals surface area (Å²) in [5.74, 6) is -0.272. The molecule has 0 aliphatic carbocycles. The number of carbonyl (C=O) groups excluding carboxylic acids is 2. The highest BCUT2D eigenvalue weighted by molar-refractivity contribution is 6.33. The molecule has 2 unspecified atom stereocenters. The van der Waals surface area contributed by atoms with E-state index >= 15 is 0 Å². The van der Waals surface area contributed by atoms with Gasteiger partial charge in [0.2, 0.25) is 5.91 Å². The van der Waals surface area contributed by atoms with Crippen LogP contribution in [0.5, 0.6) is 0 Å². The van der Waals surface area contributed by atoms with E-state index in [0.717, 1.165) is 24.3 Å². The van der Waals surface area contributed by atoms with Crippen LogP contribution in [0, 0.1) is 0 Å². The lowest BCUT2D eigenvalue weighted by Crippen LogP contribution is -2.58. The summed E-state index contributed by atoms with van der Waals surface area (Å²) in [5, 5.41) is 3.00. The Hall–Kier alpha value is -2.25. The van der Waals surface area contributed by atoms with Crippen molar-refractivity contribution in [2.24, 2.45) is 10.7 Å². The number of nitrogens with zero attached hydrogens (tertiary/aromatic N) is 3. The van der Waals surface area contributed by atoms with Crippen molar-refractivity contribution < 1.29 is 9.59 Å². The molecule has 3 atom stereocenters. The van der Waals surface area contributed by atoms with Gasteiger partial charge < -0.3 is 20.9 Å². The number of fused-ring (bicyclic) bond motifs is 1. The Morgan fingerprint density at radius 2 is 2.12 bits per heavy atom. The number of para-hydroxylation sites is 1. The molecule has 0 bridgehead atoms. The molecule has 3 N–H and O–H groups in total. The van der Waals surface area contributed by atoms with Gasteiger partial charge in [-0.25, -0.2) is 0 Å². The molecule has 1 aromatic carbocycles. The molecule has 0 spiro atoms. The van der Waals surface area contributed by atoms with E-state index in [2.05, 4.69) is 15.2 Å². The van der Waals surface area contributed by atoms with Crippen molar-refractivity contribution in [2.45, 2.75) is 38.0 Å². The van der Waals surface area contributed by atoms with E-state index in [9.17, 15) is 9.59 Å². The minimum absolute atomic E-state index is 0.0321. The number of aliphatic imine (C=N–C) groups is 1. The topological polar surface area (TPSA) is 91.0 Å². The number of likely N-dealkylation sites (N-methyl/N-ethyl adjacent to an activating group) is 1. The highest BCUT2D eigenvalue weighted by Gasteiger charge is 2.34. The van der Waals surface area contributed by atoms with Crippen LogP contribution in [-0.4, -0.2) is 61.2 Å². The zero-order valence-corrected chi connectivity index (χ0v) is 14.7. The minimum Gasteiger partial charge on any atom is -0.351 e. The Balaban J connectivity index is 1.85. The molecule has 1 aromatic rings. The molecular weight excluding hydrogens is 318 g/mol. The molecule has 3 rings (SSSR count). The smallest absolute Gasteiger partial charge is 0.269 e. The number of likely N-dealkylation sites (tertiary alicyclic amines) is 1. The second-order valence-corrected chi connectivity index (χ2v) is 6.91. The van der Waals surface area contributed by atoms with E-state index in [4.69, 9.17) is 5.73 Å². The average Bonchev–Trinajstić information content (AvgIpc) is 2.72. The number of piperidine rings is 1. The fourth-order valence-corrected chi connectivity index (χ4v) is 3.57. The summed E-state index contributed by atoms with van der Waals surface area (Å²) in [5.41, 5.74) is 7.60. The summed E-state index contributed by atoms with van der Waals surface area (Å²) >= 11 is 0.